The summed E-state index contributed by atoms with van der Waals surface area (Å²) in [5.41, 5.74) is -4.50. The van der Waals surface area contributed by atoms with Crippen LogP contribution in [0.2, 0.25) is 5.02 Å². The number of methoxy groups -OCH3 is 1. The first-order valence-electron chi connectivity index (χ1n) is 10.9. The van der Waals surface area contributed by atoms with Gasteiger partial charge in [-0.1, -0.05) is 24.6 Å². The Bertz CT molecular complexity index is 1530. The maximum Gasteiger partial charge on any atom is 0.516 e. The van der Waals surface area contributed by atoms with Gasteiger partial charge in [0, 0.05) is 12.7 Å². The number of aromatic nitrogens is 3. The minimum Gasteiger partial charge on any atom is -0.480 e. The van der Waals surface area contributed by atoms with Crippen LogP contribution in [0.4, 0.5) is 23.2 Å². The third-order valence-corrected chi connectivity index (χ3v) is 7.29. The first-order chi connectivity index (χ1) is 17.9. The molecule has 1 aromatic carbocycles. The number of imidazole rings is 1. The molecule has 38 heavy (non-hydrogen) atoms. The number of ether oxygens (including phenoxy) is 1. The number of nitrogens with zero attached hydrogens (tertiary/aromatic N) is 6. The van der Waals surface area contributed by atoms with Crippen molar-refractivity contribution in [1.29, 1.82) is 0 Å². The number of aryl methyl sites for hydroxylation is 1. The van der Waals surface area contributed by atoms with Crippen molar-refractivity contribution in [2.45, 2.75) is 25.4 Å². The van der Waals surface area contributed by atoms with Crippen molar-refractivity contribution in [3.05, 3.63) is 52.2 Å². The number of amides is 1. The maximum absolute atomic E-state index is 14.8. The molecule has 0 fully saturated rings. The van der Waals surface area contributed by atoms with Gasteiger partial charge in [0.25, 0.3) is 5.91 Å². The maximum atomic E-state index is 14.8. The van der Waals surface area contributed by atoms with E-state index in [4.69, 9.17) is 16.3 Å². The van der Waals surface area contributed by atoms with Crippen LogP contribution >= 0.6 is 11.6 Å². The zero-order valence-corrected chi connectivity index (χ0v) is 21.4. The van der Waals surface area contributed by atoms with E-state index >= 15 is 0 Å². The van der Waals surface area contributed by atoms with E-state index < -0.39 is 33.8 Å². The second-order valence-electron chi connectivity index (χ2n) is 7.91. The van der Waals surface area contributed by atoms with Crippen LogP contribution in [0.3, 0.4) is 0 Å². The second-order valence-corrected chi connectivity index (χ2v) is 10.2. The molecule has 1 N–H and O–H groups in total. The fourth-order valence-electron chi connectivity index (χ4n) is 3.67. The molecule has 0 aliphatic carbocycles. The van der Waals surface area contributed by atoms with Gasteiger partial charge >= 0.3 is 15.5 Å². The van der Waals surface area contributed by atoms with Crippen molar-refractivity contribution < 1.29 is 35.5 Å². The molecule has 4 rings (SSSR count). The molecule has 0 unspecified atom stereocenters. The molecule has 2 aromatic heterocycles. The Balaban J connectivity index is 1.48. The summed E-state index contributed by atoms with van der Waals surface area (Å²) in [6, 6.07) is 3.94. The highest BCUT2D eigenvalue weighted by Crippen LogP contribution is 2.29. The van der Waals surface area contributed by atoms with Gasteiger partial charge in [0.1, 0.15) is 22.9 Å². The van der Waals surface area contributed by atoms with Gasteiger partial charge in [0.2, 0.25) is 11.7 Å². The Labute approximate surface area is 218 Å². The number of anilines is 1. The normalized spacial score (nSPS) is 14.3. The molecule has 204 valence electrons. The van der Waals surface area contributed by atoms with Gasteiger partial charge in [-0.15, -0.1) is 0 Å². The molecule has 11 nitrogen and oxygen atoms in total. The highest BCUT2D eigenvalue weighted by atomic mass is 35.5. The van der Waals surface area contributed by atoms with E-state index in [1.807, 2.05) is 6.92 Å². The van der Waals surface area contributed by atoms with E-state index in [0.717, 1.165) is 11.1 Å². The van der Waals surface area contributed by atoms with Gasteiger partial charge < -0.3 is 10.1 Å². The van der Waals surface area contributed by atoms with Crippen LogP contribution in [0.1, 0.15) is 28.7 Å². The molecular weight excluding hydrogens is 558 g/mol. The summed E-state index contributed by atoms with van der Waals surface area (Å²) in [7, 11) is -4.18. The van der Waals surface area contributed by atoms with Crippen LogP contribution in [0.15, 0.2) is 29.5 Å². The summed E-state index contributed by atoms with van der Waals surface area (Å²) in [6.45, 7) is 0.859. The van der Waals surface area contributed by atoms with Gasteiger partial charge in [0.05, 0.1) is 31.6 Å². The smallest absolute Gasteiger partial charge is 0.480 e. The van der Waals surface area contributed by atoms with Gasteiger partial charge in [-0.05, 0) is 24.1 Å². The molecule has 1 amide bonds. The number of halogens is 5. The minimum absolute atomic E-state index is 0.0504. The molecule has 1 aliphatic heterocycles. The van der Waals surface area contributed by atoms with Crippen LogP contribution < -0.4 is 15.1 Å². The van der Waals surface area contributed by atoms with E-state index in [1.165, 1.54) is 29.8 Å². The summed E-state index contributed by atoms with van der Waals surface area (Å²) in [5, 5.41) is 7.54. The second kappa shape index (κ2) is 10.2. The average Bonchev–Trinajstić information content (AvgIpc) is 3.23. The lowest BCUT2D eigenvalue weighted by atomic mass is 10.1. The SMILES string of the molecule is CCc1nc2nc(OC)c(Cl)cn2c1C(=O)NCc1ccc(N2CCN(S(=O)(=O)C(F)(F)F)C=N2)c(F)c1. The number of sulfonamides is 1. The quantitative estimate of drug-likeness (QED) is 0.429. The summed E-state index contributed by atoms with van der Waals surface area (Å²) in [5.74, 6) is -0.906. The number of alkyl halides is 3. The van der Waals surface area contributed by atoms with E-state index in [-0.39, 0.29) is 45.5 Å². The van der Waals surface area contributed by atoms with Crippen LogP contribution in [-0.2, 0) is 23.0 Å². The molecule has 3 heterocycles. The number of carbonyl (C=O) groups is 1. The molecule has 0 atom stereocenters. The molecule has 0 bridgehead atoms. The highest BCUT2D eigenvalue weighted by molar-refractivity contribution is 7.90. The fourth-order valence-corrected chi connectivity index (χ4v) is 4.64. The zero-order chi connectivity index (χ0) is 27.8. The lowest BCUT2D eigenvalue weighted by Crippen LogP contribution is -2.46. The first-order valence-corrected chi connectivity index (χ1v) is 12.8. The zero-order valence-electron chi connectivity index (χ0n) is 19.8. The van der Waals surface area contributed by atoms with Gasteiger partial charge in [-0.25, -0.2) is 13.7 Å². The molecule has 0 saturated heterocycles. The number of fused-ring (bicyclic) bond motifs is 1. The molecule has 0 saturated carbocycles. The van der Waals surface area contributed by atoms with E-state index in [9.17, 15) is 30.8 Å². The van der Waals surface area contributed by atoms with Gasteiger partial charge in [0.15, 0.2) is 0 Å². The molecule has 0 radical (unpaired) electrons. The summed E-state index contributed by atoms with van der Waals surface area (Å²) < 4.78 is 82.5. The number of benzene rings is 1. The van der Waals surface area contributed by atoms with E-state index in [0.29, 0.717) is 24.0 Å². The Kier molecular flexibility index (Phi) is 7.38. The fraction of sp³-hybridized carbons (Fsp3) is 0.333. The van der Waals surface area contributed by atoms with Crippen LogP contribution in [-0.4, -0.2) is 65.0 Å². The number of rotatable bonds is 7. The first kappa shape index (κ1) is 27.4. The lowest BCUT2D eigenvalue weighted by Gasteiger charge is -2.29. The van der Waals surface area contributed by atoms with Crippen LogP contribution in [0, 0.1) is 5.82 Å². The molecule has 17 heteroatoms. The third-order valence-electron chi connectivity index (χ3n) is 5.55. The third kappa shape index (κ3) is 5.05. The van der Waals surface area contributed by atoms with E-state index in [1.54, 1.807) is 0 Å². The van der Waals surface area contributed by atoms with E-state index in [2.05, 4.69) is 20.4 Å². The number of hydrogen-bond acceptors (Lipinski definition) is 8. The van der Waals surface area contributed by atoms with Gasteiger partial charge in [-0.3, -0.25) is 14.2 Å². The Hall–Kier alpha value is -3.66. The van der Waals surface area contributed by atoms with Crippen molar-refractivity contribution in [2.24, 2.45) is 5.10 Å². The monoisotopic (exact) mass is 577 g/mol. The predicted octanol–water partition coefficient (Wildman–Crippen LogP) is 2.94. The Morgan fingerprint density at radius 3 is 2.55 bits per heavy atom. The molecule has 0 spiro atoms. The number of nitrogens with one attached hydrogen (secondary N) is 1. The highest BCUT2D eigenvalue weighted by Gasteiger charge is 2.50. The van der Waals surface area contributed by atoms with Crippen molar-refractivity contribution in [2.75, 3.05) is 25.2 Å². The Morgan fingerprint density at radius 1 is 1.24 bits per heavy atom. The topological polar surface area (TPSA) is 121 Å². The van der Waals surface area contributed by atoms with Crippen molar-refractivity contribution in [3.8, 4) is 5.88 Å². The van der Waals surface area contributed by atoms with Gasteiger partial charge in [-0.2, -0.15) is 31.7 Å². The summed E-state index contributed by atoms with van der Waals surface area (Å²) >= 11 is 6.15. The number of hydrogen-bond donors (Lipinski definition) is 1. The Morgan fingerprint density at radius 2 is 1.97 bits per heavy atom. The standard InChI is InChI=1S/C21H20ClF4N7O4S/c1-3-15-17(32-10-13(22)19(37-2)30-20(32)29-15)18(34)27-9-12-4-5-16(14(23)8-12)33-7-6-31(11-28-33)38(35,36)21(24,25)26/h4-5,8,10-11H,3,6-7,9H2,1-2H3,(H,27,34). The molecule has 1 aliphatic rings. The van der Waals surface area contributed by atoms with Crippen LogP contribution in [0.25, 0.3) is 5.78 Å². The van der Waals surface area contributed by atoms with Crippen molar-refractivity contribution in [3.63, 3.8) is 0 Å². The summed E-state index contributed by atoms with van der Waals surface area (Å²) in [6.07, 6.45) is 2.36. The minimum atomic E-state index is -5.58. The van der Waals surface area contributed by atoms with Crippen molar-refractivity contribution in [1.82, 2.24) is 24.0 Å². The largest absolute Gasteiger partial charge is 0.516 e. The average molecular weight is 578 g/mol. The number of carbonyl (C=O) groups excluding carboxylic acids is 1. The summed E-state index contributed by atoms with van der Waals surface area (Å²) in [4.78, 5) is 21.5. The molecular formula is C21H20ClF4N7O4S. The van der Waals surface area contributed by atoms with Crippen molar-refractivity contribution >= 4 is 45.3 Å². The van der Waals surface area contributed by atoms with Crippen LogP contribution in [0.5, 0.6) is 5.88 Å². The lowest BCUT2D eigenvalue weighted by molar-refractivity contribution is -0.0471. The number of hydrazone groups is 1. The predicted molar refractivity (Wildman–Crippen MR) is 129 cm³/mol. The molecule has 3 aromatic rings.